The number of furan rings is 1. The molecule has 0 aliphatic heterocycles. The standard InChI is InChI=1S/C30H18INO/c31-32-27-15-11-21(19-7-3-1-4-8-19)17-25(27)23-13-14-24-26-18-22(20-9-5-2-6-10-20)12-16-28(26)33-30(24)29(23)32/h1-18H. The van der Waals surface area contributed by atoms with Crippen LogP contribution in [0.2, 0.25) is 0 Å². The van der Waals surface area contributed by atoms with Crippen LogP contribution in [0.1, 0.15) is 0 Å². The van der Waals surface area contributed by atoms with Crippen LogP contribution in [-0.2, 0) is 0 Å². The molecule has 0 spiro atoms. The average Bonchev–Trinajstić information content (AvgIpc) is 3.39. The van der Waals surface area contributed by atoms with Crippen LogP contribution in [0.25, 0.3) is 66.0 Å². The minimum atomic E-state index is 0.920. The number of nitrogens with zero attached hydrogens (tertiary/aromatic N) is 1. The second kappa shape index (κ2) is 7.22. The lowest BCUT2D eigenvalue weighted by molar-refractivity contribution is 0.672. The molecule has 5 aromatic carbocycles. The van der Waals surface area contributed by atoms with Crippen LogP contribution in [0, 0.1) is 0 Å². The molecule has 3 heteroatoms. The van der Waals surface area contributed by atoms with E-state index in [2.05, 4.69) is 135 Å². The summed E-state index contributed by atoms with van der Waals surface area (Å²) >= 11 is 2.40. The number of hydrogen-bond donors (Lipinski definition) is 0. The molecular formula is C30H18INO. The Balaban J connectivity index is 1.50. The van der Waals surface area contributed by atoms with E-state index in [-0.39, 0.29) is 0 Å². The van der Waals surface area contributed by atoms with Crippen LogP contribution in [0.5, 0.6) is 0 Å². The molecule has 7 aromatic rings. The van der Waals surface area contributed by atoms with Gasteiger partial charge >= 0.3 is 0 Å². The van der Waals surface area contributed by atoms with E-state index in [4.69, 9.17) is 4.42 Å². The van der Waals surface area contributed by atoms with Crippen LogP contribution >= 0.6 is 22.9 Å². The number of benzene rings is 5. The van der Waals surface area contributed by atoms with Gasteiger partial charge < -0.3 is 4.42 Å². The van der Waals surface area contributed by atoms with Crippen LogP contribution < -0.4 is 0 Å². The highest BCUT2D eigenvalue weighted by molar-refractivity contribution is 14.1. The Morgan fingerprint density at radius 2 is 1.12 bits per heavy atom. The topological polar surface area (TPSA) is 18.1 Å². The first-order chi connectivity index (χ1) is 16.3. The quantitative estimate of drug-likeness (QED) is 0.202. The molecule has 0 saturated heterocycles. The molecule has 0 N–H and O–H groups in total. The molecule has 2 heterocycles. The number of fused-ring (bicyclic) bond motifs is 7. The van der Waals surface area contributed by atoms with E-state index in [0.29, 0.717) is 0 Å². The lowest BCUT2D eigenvalue weighted by Crippen LogP contribution is -1.80. The zero-order valence-electron chi connectivity index (χ0n) is 17.6. The van der Waals surface area contributed by atoms with E-state index in [1.807, 2.05) is 0 Å². The Bertz CT molecular complexity index is 1810. The lowest BCUT2D eigenvalue weighted by atomic mass is 10.0. The molecule has 0 aliphatic carbocycles. The van der Waals surface area contributed by atoms with Gasteiger partial charge in [-0.1, -0.05) is 78.9 Å². The maximum absolute atomic E-state index is 6.46. The van der Waals surface area contributed by atoms with Crippen molar-refractivity contribution in [3.63, 3.8) is 0 Å². The normalized spacial score (nSPS) is 11.8. The lowest BCUT2D eigenvalue weighted by Gasteiger charge is -2.02. The summed E-state index contributed by atoms with van der Waals surface area (Å²) in [6.45, 7) is 0. The first-order valence-corrected chi connectivity index (χ1v) is 11.9. The van der Waals surface area contributed by atoms with Gasteiger partial charge in [0.1, 0.15) is 11.1 Å². The zero-order valence-corrected chi connectivity index (χ0v) is 19.8. The van der Waals surface area contributed by atoms with Crippen LogP contribution in [0.3, 0.4) is 0 Å². The summed E-state index contributed by atoms with van der Waals surface area (Å²) in [5.41, 5.74) is 9.06. The Labute approximate surface area is 204 Å². The predicted molar refractivity (Wildman–Crippen MR) is 147 cm³/mol. The second-order valence-electron chi connectivity index (χ2n) is 8.40. The highest BCUT2D eigenvalue weighted by Crippen LogP contribution is 2.41. The van der Waals surface area contributed by atoms with Gasteiger partial charge in [0.15, 0.2) is 5.58 Å². The molecule has 0 radical (unpaired) electrons. The molecule has 0 fully saturated rings. The average molecular weight is 535 g/mol. The van der Waals surface area contributed by atoms with Gasteiger partial charge in [-0.2, -0.15) is 0 Å². The molecule has 0 unspecified atom stereocenters. The molecule has 33 heavy (non-hydrogen) atoms. The summed E-state index contributed by atoms with van der Waals surface area (Å²) in [6, 6.07) is 38.7. The van der Waals surface area contributed by atoms with Gasteiger partial charge in [-0.15, -0.1) is 0 Å². The molecular weight excluding hydrogens is 517 g/mol. The largest absolute Gasteiger partial charge is 0.454 e. The van der Waals surface area contributed by atoms with Crippen LogP contribution in [-0.4, -0.2) is 2.78 Å². The van der Waals surface area contributed by atoms with E-state index in [0.717, 1.165) is 27.5 Å². The molecule has 156 valence electrons. The van der Waals surface area contributed by atoms with Crippen molar-refractivity contribution < 1.29 is 4.42 Å². The van der Waals surface area contributed by atoms with Crippen molar-refractivity contribution >= 4 is 66.6 Å². The van der Waals surface area contributed by atoms with Crippen molar-refractivity contribution in [3.05, 3.63) is 109 Å². The minimum Gasteiger partial charge on any atom is -0.454 e. The first-order valence-electron chi connectivity index (χ1n) is 11.0. The van der Waals surface area contributed by atoms with Crippen molar-refractivity contribution in [2.75, 3.05) is 0 Å². The second-order valence-corrected chi connectivity index (χ2v) is 9.36. The van der Waals surface area contributed by atoms with E-state index in [1.165, 1.54) is 38.5 Å². The van der Waals surface area contributed by atoms with Gasteiger partial charge in [0.25, 0.3) is 0 Å². The van der Waals surface area contributed by atoms with Gasteiger partial charge in [0.2, 0.25) is 0 Å². The fourth-order valence-electron chi connectivity index (χ4n) is 4.90. The van der Waals surface area contributed by atoms with Crippen molar-refractivity contribution in [1.29, 1.82) is 0 Å². The summed E-state index contributed by atoms with van der Waals surface area (Å²) < 4.78 is 8.69. The molecule has 0 aliphatic rings. The molecule has 7 rings (SSSR count). The molecule has 0 saturated carbocycles. The number of rotatable bonds is 2. The van der Waals surface area contributed by atoms with Crippen molar-refractivity contribution in [3.8, 4) is 22.3 Å². The van der Waals surface area contributed by atoms with Crippen molar-refractivity contribution in [2.24, 2.45) is 0 Å². The molecule has 2 nitrogen and oxygen atoms in total. The Hall–Kier alpha value is -3.57. The number of halogens is 1. The minimum absolute atomic E-state index is 0.920. The number of aromatic nitrogens is 1. The van der Waals surface area contributed by atoms with Gasteiger partial charge in [0.05, 0.1) is 28.4 Å². The molecule has 0 atom stereocenters. The zero-order chi connectivity index (χ0) is 21.9. The van der Waals surface area contributed by atoms with Crippen LogP contribution in [0.15, 0.2) is 114 Å². The third-order valence-electron chi connectivity index (χ3n) is 6.52. The third kappa shape index (κ3) is 2.85. The summed E-state index contributed by atoms with van der Waals surface area (Å²) in [4.78, 5) is 0. The van der Waals surface area contributed by atoms with E-state index >= 15 is 0 Å². The monoisotopic (exact) mass is 535 g/mol. The number of hydrogen-bond acceptors (Lipinski definition) is 1. The van der Waals surface area contributed by atoms with Gasteiger partial charge in [0, 0.05) is 21.5 Å². The summed E-state index contributed by atoms with van der Waals surface area (Å²) in [5, 5.41) is 4.76. The summed E-state index contributed by atoms with van der Waals surface area (Å²) in [7, 11) is 0. The van der Waals surface area contributed by atoms with E-state index in [9.17, 15) is 0 Å². The van der Waals surface area contributed by atoms with Gasteiger partial charge in [-0.05, 0) is 52.6 Å². The fraction of sp³-hybridized carbons (Fsp3) is 0. The smallest absolute Gasteiger partial charge is 0.160 e. The molecule has 0 amide bonds. The summed E-state index contributed by atoms with van der Waals surface area (Å²) in [6.07, 6.45) is 0. The Morgan fingerprint density at radius 1 is 0.515 bits per heavy atom. The van der Waals surface area contributed by atoms with Gasteiger partial charge in [-0.3, -0.25) is 2.78 Å². The van der Waals surface area contributed by atoms with E-state index < -0.39 is 0 Å². The Kier molecular flexibility index (Phi) is 4.15. The highest BCUT2D eigenvalue weighted by atomic mass is 127. The van der Waals surface area contributed by atoms with Crippen molar-refractivity contribution in [2.45, 2.75) is 0 Å². The van der Waals surface area contributed by atoms with Crippen molar-refractivity contribution in [1.82, 2.24) is 2.78 Å². The fourth-order valence-corrected chi connectivity index (χ4v) is 5.80. The van der Waals surface area contributed by atoms with Crippen LogP contribution in [0.4, 0.5) is 0 Å². The third-order valence-corrected chi connectivity index (χ3v) is 7.52. The molecule has 2 aromatic heterocycles. The maximum atomic E-state index is 6.46. The first kappa shape index (κ1) is 18.9. The van der Waals surface area contributed by atoms with E-state index in [1.54, 1.807) is 0 Å². The SMILES string of the molecule is In1c2ccc(-c3ccccc3)cc2c2ccc3c4cc(-c5ccccc5)ccc4oc3c21. The highest BCUT2D eigenvalue weighted by Gasteiger charge is 2.18. The summed E-state index contributed by atoms with van der Waals surface area (Å²) in [5.74, 6) is 0. The maximum Gasteiger partial charge on any atom is 0.160 e. The Morgan fingerprint density at radius 3 is 1.82 bits per heavy atom. The molecule has 0 bridgehead atoms. The predicted octanol–water partition coefficient (Wildman–Crippen LogP) is 9.23. The van der Waals surface area contributed by atoms with Gasteiger partial charge in [-0.25, -0.2) is 0 Å².